The molecule has 1 saturated carbocycles. The zero-order chi connectivity index (χ0) is 11.3. The van der Waals surface area contributed by atoms with Crippen LogP contribution in [0.5, 0.6) is 0 Å². The van der Waals surface area contributed by atoms with Crippen LogP contribution < -0.4 is 5.73 Å². The van der Waals surface area contributed by atoms with Crippen LogP contribution >= 0.6 is 0 Å². The summed E-state index contributed by atoms with van der Waals surface area (Å²) < 4.78 is 0. The fourth-order valence-electron chi connectivity index (χ4n) is 3.10. The predicted octanol–water partition coefficient (Wildman–Crippen LogP) is 2.95. The predicted molar refractivity (Wildman–Crippen MR) is 64.7 cm³/mol. The molecule has 1 aromatic rings. The van der Waals surface area contributed by atoms with Gasteiger partial charge in [0.05, 0.1) is 0 Å². The van der Waals surface area contributed by atoms with Crippen LogP contribution in [-0.2, 0) is 5.41 Å². The largest absolute Gasteiger partial charge is 0.327 e. The Labute approximate surface area is 92.7 Å². The first-order chi connectivity index (χ1) is 6.88. The molecule has 0 aromatic heterocycles. The highest BCUT2D eigenvalue weighted by Crippen LogP contribution is 2.59. The van der Waals surface area contributed by atoms with Gasteiger partial charge in [-0.25, -0.2) is 0 Å². The van der Waals surface area contributed by atoms with E-state index >= 15 is 0 Å². The minimum absolute atomic E-state index is 0.185. The molecule has 0 radical (unpaired) electrons. The average molecular weight is 203 g/mol. The van der Waals surface area contributed by atoms with Crippen molar-refractivity contribution in [3.05, 3.63) is 35.9 Å². The molecule has 2 atom stereocenters. The van der Waals surface area contributed by atoms with Gasteiger partial charge in [-0.1, -0.05) is 58.0 Å². The second-order valence-electron chi connectivity index (χ2n) is 5.91. The standard InChI is InChI=1S/C14H21N/c1-13(2,10-8-6-5-7-9-10)11-12(15)14(11,3)4/h5-9,11-12H,15H2,1-4H3/t11-,12+/m1/s1. The Balaban J connectivity index is 2.30. The molecule has 15 heavy (non-hydrogen) atoms. The Bertz CT molecular complexity index is 351. The molecule has 0 amide bonds. The summed E-state index contributed by atoms with van der Waals surface area (Å²) in [6.07, 6.45) is 0. The summed E-state index contributed by atoms with van der Waals surface area (Å²) >= 11 is 0. The highest BCUT2D eigenvalue weighted by molar-refractivity contribution is 5.31. The highest BCUT2D eigenvalue weighted by Gasteiger charge is 2.62. The Morgan fingerprint density at radius 2 is 1.60 bits per heavy atom. The van der Waals surface area contributed by atoms with Gasteiger partial charge in [0.1, 0.15) is 0 Å². The van der Waals surface area contributed by atoms with Gasteiger partial charge >= 0.3 is 0 Å². The molecule has 82 valence electrons. The molecule has 1 aliphatic carbocycles. The van der Waals surface area contributed by atoms with E-state index in [1.807, 2.05) is 0 Å². The summed E-state index contributed by atoms with van der Waals surface area (Å²) in [6, 6.07) is 11.0. The number of nitrogens with two attached hydrogens (primary N) is 1. The van der Waals surface area contributed by atoms with Gasteiger partial charge in [0.25, 0.3) is 0 Å². The van der Waals surface area contributed by atoms with Gasteiger partial charge in [0.2, 0.25) is 0 Å². The Morgan fingerprint density at radius 1 is 1.13 bits per heavy atom. The zero-order valence-corrected chi connectivity index (χ0v) is 10.1. The van der Waals surface area contributed by atoms with E-state index in [4.69, 9.17) is 5.73 Å². The van der Waals surface area contributed by atoms with Crippen molar-refractivity contribution in [3.63, 3.8) is 0 Å². The molecule has 2 N–H and O–H groups in total. The van der Waals surface area contributed by atoms with Gasteiger partial charge in [-0.2, -0.15) is 0 Å². The van der Waals surface area contributed by atoms with Crippen LogP contribution in [0.15, 0.2) is 30.3 Å². The van der Waals surface area contributed by atoms with Crippen molar-refractivity contribution in [3.8, 4) is 0 Å². The van der Waals surface area contributed by atoms with Crippen LogP contribution in [0, 0.1) is 11.3 Å². The maximum atomic E-state index is 6.17. The van der Waals surface area contributed by atoms with Crippen LogP contribution in [0.1, 0.15) is 33.3 Å². The quantitative estimate of drug-likeness (QED) is 0.785. The Kier molecular flexibility index (Phi) is 2.20. The number of benzene rings is 1. The maximum Gasteiger partial charge on any atom is 0.0136 e. The first kappa shape index (κ1) is 10.7. The van der Waals surface area contributed by atoms with Crippen LogP contribution in [0.25, 0.3) is 0 Å². The molecule has 1 aromatic carbocycles. The molecule has 2 rings (SSSR count). The minimum atomic E-state index is 0.185. The zero-order valence-electron chi connectivity index (χ0n) is 10.1. The third-order valence-corrected chi connectivity index (χ3v) is 4.21. The number of hydrogen-bond donors (Lipinski definition) is 1. The van der Waals surface area contributed by atoms with Crippen LogP contribution in [0.3, 0.4) is 0 Å². The summed E-state index contributed by atoms with van der Waals surface area (Å²) in [6.45, 7) is 9.16. The summed E-state index contributed by atoms with van der Waals surface area (Å²) in [5.41, 5.74) is 8.04. The van der Waals surface area contributed by atoms with Gasteiger partial charge in [0, 0.05) is 6.04 Å². The molecule has 1 heteroatoms. The molecular weight excluding hydrogens is 182 g/mol. The van der Waals surface area contributed by atoms with E-state index in [1.54, 1.807) is 0 Å². The Hall–Kier alpha value is -0.820. The average Bonchev–Trinajstić information content (AvgIpc) is 2.68. The lowest BCUT2D eigenvalue weighted by Gasteiger charge is -2.27. The second-order valence-corrected chi connectivity index (χ2v) is 5.91. The third-order valence-electron chi connectivity index (χ3n) is 4.21. The van der Waals surface area contributed by atoms with Crippen molar-refractivity contribution in [2.24, 2.45) is 17.1 Å². The molecule has 0 bridgehead atoms. The van der Waals surface area contributed by atoms with Crippen LogP contribution in [-0.4, -0.2) is 6.04 Å². The van der Waals surface area contributed by atoms with Crippen LogP contribution in [0.4, 0.5) is 0 Å². The summed E-state index contributed by atoms with van der Waals surface area (Å²) in [5.74, 6) is 0.590. The molecule has 0 heterocycles. The molecule has 0 aliphatic heterocycles. The first-order valence-corrected chi connectivity index (χ1v) is 5.69. The normalized spacial score (nSPS) is 28.9. The second kappa shape index (κ2) is 3.08. The van der Waals surface area contributed by atoms with Crippen molar-refractivity contribution in [2.75, 3.05) is 0 Å². The van der Waals surface area contributed by atoms with Gasteiger partial charge in [-0.3, -0.25) is 0 Å². The molecule has 1 aliphatic rings. The van der Waals surface area contributed by atoms with Crippen LogP contribution in [0.2, 0.25) is 0 Å². The minimum Gasteiger partial charge on any atom is -0.327 e. The molecule has 0 unspecified atom stereocenters. The summed E-state index contributed by atoms with van der Waals surface area (Å²) in [7, 11) is 0. The third kappa shape index (κ3) is 1.50. The monoisotopic (exact) mass is 203 g/mol. The van der Waals surface area contributed by atoms with Gasteiger partial charge in [-0.05, 0) is 22.3 Å². The SMILES string of the molecule is CC(C)(c1ccccc1)[C@H]1[C@H](N)C1(C)C. The lowest BCUT2D eigenvalue weighted by atomic mass is 9.77. The highest BCUT2D eigenvalue weighted by atomic mass is 14.9. The van der Waals surface area contributed by atoms with E-state index < -0.39 is 0 Å². The molecular formula is C14H21N. The van der Waals surface area contributed by atoms with Crippen molar-refractivity contribution in [2.45, 2.75) is 39.2 Å². The lowest BCUT2D eigenvalue weighted by molar-refractivity contribution is 0.381. The van der Waals surface area contributed by atoms with Gasteiger partial charge in [0.15, 0.2) is 0 Å². The molecule has 0 saturated heterocycles. The van der Waals surface area contributed by atoms with Gasteiger partial charge in [-0.15, -0.1) is 0 Å². The van der Waals surface area contributed by atoms with E-state index in [-0.39, 0.29) is 5.41 Å². The first-order valence-electron chi connectivity index (χ1n) is 5.69. The van der Waals surface area contributed by atoms with Crippen molar-refractivity contribution in [1.29, 1.82) is 0 Å². The van der Waals surface area contributed by atoms with E-state index in [9.17, 15) is 0 Å². The lowest BCUT2D eigenvalue weighted by Crippen LogP contribution is -2.24. The topological polar surface area (TPSA) is 26.0 Å². The van der Waals surface area contributed by atoms with Crippen molar-refractivity contribution < 1.29 is 0 Å². The smallest absolute Gasteiger partial charge is 0.0136 e. The number of hydrogen-bond acceptors (Lipinski definition) is 1. The maximum absolute atomic E-state index is 6.17. The summed E-state index contributed by atoms with van der Waals surface area (Å²) in [4.78, 5) is 0. The van der Waals surface area contributed by atoms with E-state index in [1.165, 1.54) is 5.56 Å². The Morgan fingerprint density at radius 3 is 2.00 bits per heavy atom. The van der Waals surface area contributed by atoms with Gasteiger partial charge < -0.3 is 5.73 Å². The molecule has 0 spiro atoms. The fraction of sp³-hybridized carbons (Fsp3) is 0.571. The van der Waals surface area contributed by atoms with Crippen molar-refractivity contribution in [1.82, 2.24) is 0 Å². The van der Waals surface area contributed by atoms with E-state index in [2.05, 4.69) is 58.0 Å². The molecule has 1 nitrogen and oxygen atoms in total. The number of rotatable bonds is 2. The fourth-order valence-corrected chi connectivity index (χ4v) is 3.10. The van der Waals surface area contributed by atoms with E-state index in [0.29, 0.717) is 17.4 Å². The summed E-state index contributed by atoms with van der Waals surface area (Å²) in [5, 5.41) is 0. The van der Waals surface area contributed by atoms with Crippen molar-refractivity contribution >= 4 is 0 Å². The molecule has 1 fully saturated rings. The van der Waals surface area contributed by atoms with E-state index in [0.717, 1.165) is 0 Å².